The minimum atomic E-state index is -0.297. The van der Waals surface area contributed by atoms with Crippen LogP contribution in [-0.4, -0.2) is 35.0 Å². The Hall–Kier alpha value is -2.34. The SMILES string of the molecule is O=C(NCCN1C(=O)S/C(=C\c2ccccc2)C1=O)C1CC=CCC1. The van der Waals surface area contributed by atoms with E-state index in [4.69, 9.17) is 0 Å². The topological polar surface area (TPSA) is 66.5 Å². The molecule has 6 heteroatoms. The standard InChI is InChI=1S/C19H20N2O3S/c22-17(15-9-5-2-6-10-15)20-11-12-21-18(23)16(25-19(21)24)13-14-7-3-1-4-8-14/h1-5,7-8,13,15H,6,9-12H2,(H,20,22)/b16-13-. The van der Waals surface area contributed by atoms with Crippen molar-refractivity contribution in [2.24, 2.45) is 5.92 Å². The highest BCUT2D eigenvalue weighted by Gasteiger charge is 2.34. The molecule has 0 bridgehead atoms. The molecule has 1 aromatic carbocycles. The fraction of sp³-hybridized carbons (Fsp3) is 0.316. The van der Waals surface area contributed by atoms with Crippen LogP contribution in [0.15, 0.2) is 47.4 Å². The Morgan fingerprint density at radius 1 is 1.24 bits per heavy atom. The van der Waals surface area contributed by atoms with Gasteiger partial charge in [-0.1, -0.05) is 42.5 Å². The first kappa shape index (κ1) is 17.5. The van der Waals surface area contributed by atoms with Crippen molar-refractivity contribution in [2.45, 2.75) is 19.3 Å². The van der Waals surface area contributed by atoms with Gasteiger partial charge < -0.3 is 5.32 Å². The molecule has 1 atom stereocenters. The molecule has 130 valence electrons. The van der Waals surface area contributed by atoms with Crippen LogP contribution in [0.2, 0.25) is 0 Å². The molecule has 3 amide bonds. The molecule has 1 saturated heterocycles. The lowest BCUT2D eigenvalue weighted by atomic mass is 9.94. The molecule has 0 spiro atoms. The lowest BCUT2D eigenvalue weighted by Gasteiger charge is -2.18. The number of hydrogen-bond donors (Lipinski definition) is 1. The van der Waals surface area contributed by atoms with Crippen LogP contribution in [-0.2, 0) is 9.59 Å². The van der Waals surface area contributed by atoms with Crippen molar-refractivity contribution in [3.05, 3.63) is 53.0 Å². The van der Waals surface area contributed by atoms with Crippen molar-refractivity contribution in [3.63, 3.8) is 0 Å². The summed E-state index contributed by atoms with van der Waals surface area (Å²) in [5, 5.41) is 2.55. The summed E-state index contributed by atoms with van der Waals surface area (Å²) in [7, 11) is 0. The minimum Gasteiger partial charge on any atom is -0.354 e. The summed E-state index contributed by atoms with van der Waals surface area (Å²) in [5.41, 5.74) is 0.881. The number of benzene rings is 1. The van der Waals surface area contributed by atoms with E-state index in [9.17, 15) is 14.4 Å². The van der Waals surface area contributed by atoms with Gasteiger partial charge in [0.2, 0.25) is 5.91 Å². The van der Waals surface area contributed by atoms with E-state index in [2.05, 4.69) is 11.4 Å². The molecule has 0 aromatic heterocycles. The van der Waals surface area contributed by atoms with Gasteiger partial charge in [0.05, 0.1) is 4.91 Å². The summed E-state index contributed by atoms with van der Waals surface area (Å²) in [6.07, 6.45) is 8.36. The summed E-state index contributed by atoms with van der Waals surface area (Å²) >= 11 is 0.940. The van der Waals surface area contributed by atoms with E-state index in [0.29, 0.717) is 4.91 Å². The Morgan fingerprint density at radius 3 is 2.76 bits per heavy atom. The predicted octanol–water partition coefficient (Wildman–Crippen LogP) is 3.20. The second-order valence-electron chi connectivity index (χ2n) is 6.02. The van der Waals surface area contributed by atoms with Crippen molar-refractivity contribution in [3.8, 4) is 0 Å². The zero-order valence-electron chi connectivity index (χ0n) is 13.8. The molecular weight excluding hydrogens is 336 g/mol. The van der Waals surface area contributed by atoms with Crippen LogP contribution >= 0.6 is 11.8 Å². The van der Waals surface area contributed by atoms with Crippen LogP contribution in [0, 0.1) is 5.92 Å². The molecule has 2 aliphatic rings. The molecule has 0 radical (unpaired) electrons. The fourth-order valence-corrected chi connectivity index (χ4v) is 3.73. The van der Waals surface area contributed by atoms with Crippen LogP contribution in [0.5, 0.6) is 0 Å². The summed E-state index contributed by atoms with van der Waals surface area (Å²) in [5.74, 6) is -0.303. The smallest absolute Gasteiger partial charge is 0.293 e. The molecule has 1 aliphatic heterocycles. The molecule has 3 rings (SSSR count). The number of amides is 3. The maximum atomic E-state index is 12.4. The predicted molar refractivity (Wildman–Crippen MR) is 98.6 cm³/mol. The summed E-state index contributed by atoms with van der Waals surface area (Å²) in [6.45, 7) is 0.487. The number of rotatable bonds is 5. The lowest BCUT2D eigenvalue weighted by molar-refractivity contribution is -0.126. The highest BCUT2D eigenvalue weighted by atomic mass is 32.2. The number of allylic oxidation sites excluding steroid dienone is 2. The van der Waals surface area contributed by atoms with E-state index >= 15 is 0 Å². The average Bonchev–Trinajstić information content (AvgIpc) is 2.90. The molecule has 1 N–H and O–H groups in total. The van der Waals surface area contributed by atoms with Crippen LogP contribution in [0.4, 0.5) is 4.79 Å². The Labute approximate surface area is 151 Å². The van der Waals surface area contributed by atoms with Gasteiger partial charge in [-0.05, 0) is 42.7 Å². The molecule has 1 aromatic rings. The highest BCUT2D eigenvalue weighted by molar-refractivity contribution is 8.18. The number of nitrogens with one attached hydrogen (secondary N) is 1. The molecule has 0 saturated carbocycles. The molecule has 1 fully saturated rings. The molecule has 25 heavy (non-hydrogen) atoms. The van der Waals surface area contributed by atoms with E-state index in [-0.39, 0.29) is 36.1 Å². The fourth-order valence-electron chi connectivity index (χ4n) is 2.86. The van der Waals surface area contributed by atoms with Crippen molar-refractivity contribution in [1.29, 1.82) is 0 Å². The van der Waals surface area contributed by atoms with Gasteiger partial charge in [0.1, 0.15) is 0 Å². The van der Waals surface area contributed by atoms with E-state index in [1.54, 1.807) is 6.08 Å². The molecule has 1 heterocycles. The zero-order valence-corrected chi connectivity index (χ0v) is 14.6. The van der Waals surface area contributed by atoms with Gasteiger partial charge in [-0.3, -0.25) is 19.3 Å². The number of carbonyl (C=O) groups excluding carboxylic acids is 3. The van der Waals surface area contributed by atoms with Crippen LogP contribution in [0.1, 0.15) is 24.8 Å². The lowest BCUT2D eigenvalue weighted by Crippen LogP contribution is -2.39. The van der Waals surface area contributed by atoms with Crippen molar-refractivity contribution in [1.82, 2.24) is 10.2 Å². The first-order chi connectivity index (χ1) is 12.1. The maximum Gasteiger partial charge on any atom is 0.293 e. The molecule has 1 unspecified atom stereocenters. The third kappa shape index (κ3) is 4.39. The van der Waals surface area contributed by atoms with Crippen LogP contribution in [0.3, 0.4) is 0 Å². The number of carbonyl (C=O) groups is 3. The molecular formula is C19H20N2O3S. The highest BCUT2D eigenvalue weighted by Crippen LogP contribution is 2.31. The van der Waals surface area contributed by atoms with Gasteiger partial charge in [0.25, 0.3) is 11.1 Å². The third-order valence-electron chi connectivity index (χ3n) is 4.25. The minimum absolute atomic E-state index is 0.00195. The van der Waals surface area contributed by atoms with Gasteiger partial charge in [0.15, 0.2) is 0 Å². The van der Waals surface area contributed by atoms with Crippen LogP contribution in [0.25, 0.3) is 6.08 Å². The summed E-state index contributed by atoms with van der Waals surface area (Å²) < 4.78 is 0. The second kappa shape index (κ2) is 8.16. The number of imide groups is 1. The largest absolute Gasteiger partial charge is 0.354 e. The zero-order chi connectivity index (χ0) is 17.6. The Kier molecular flexibility index (Phi) is 5.71. The first-order valence-electron chi connectivity index (χ1n) is 8.38. The van der Waals surface area contributed by atoms with Gasteiger partial charge >= 0.3 is 0 Å². The normalized spacial score (nSPS) is 21.8. The van der Waals surface area contributed by atoms with Crippen molar-refractivity contribution in [2.75, 3.05) is 13.1 Å². The monoisotopic (exact) mass is 356 g/mol. The Bertz CT molecular complexity index is 727. The third-order valence-corrected chi connectivity index (χ3v) is 5.15. The van der Waals surface area contributed by atoms with Crippen LogP contribution < -0.4 is 5.32 Å². The number of nitrogens with zero attached hydrogens (tertiary/aromatic N) is 1. The van der Waals surface area contributed by atoms with E-state index in [0.717, 1.165) is 36.6 Å². The second-order valence-corrected chi connectivity index (χ2v) is 7.01. The van der Waals surface area contributed by atoms with Gasteiger partial charge in [-0.2, -0.15) is 0 Å². The average molecular weight is 356 g/mol. The number of hydrogen-bond acceptors (Lipinski definition) is 4. The van der Waals surface area contributed by atoms with Gasteiger partial charge in [-0.15, -0.1) is 0 Å². The van der Waals surface area contributed by atoms with E-state index < -0.39 is 0 Å². The Morgan fingerprint density at radius 2 is 2.04 bits per heavy atom. The van der Waals surface area contributed by atoms with E-state index in [1.165, 1.54) is 4.90 Å². The molecule has 5 nitrogen and oxygen atoms in total. The maximum absolute atomic E-state index is 12.4. The summed E-state index contributed by atoms with van der Waals surface area (Å²) in [4.78, 5) is 38.2. The van der Waals surface area contributed by atoms with Gasteiger partial charge in [0, 0.05) is 19.0 Å². The quantitative estimate of drug-likeness (QED) is 0.650. The van der Waals surface area contributed by atoms with Gasteiger partial charge in [-0.25, -0.2) is 0 Å². The van der Waals surface area contributed by atoms with E-state index in [1.807, 2.05) is 36.4 Å². The van der Waals surface area contributed by atoms with Crippen molar-refractivity contribution >= 4 is 34.9 Å². The summed E-state index contributed by atoms with van der Waals surface area (Å²) in [6, 6.07) is 9.42. The number of thioether (sulfide) groups is 1. The first-order valence-corrected chi connectivity index (χ1v) is 9.20. The molecule has 1 aliphatic carbocycles. The Balaban J connectivity index is 1.53. The van der Waals surface area contributed by atoms with Crippen molar-refractivity contribution < 1.29 is 14.4 Å².